The van der Waals surface area contributed by atoms with Crippen LogP contribution in [0.25, 0.3) is 0 Å². The van der Waals surface area contributed by atoms with Crippen LogP contribution in [0.15, 0.2) is 53.8 Å². The lowest BCUT2D eigenvalue weighted by Crippen LogP contribution is -2.20. The highest BCUT2D eigenvalue weighted by Crippen LogP contribution is 2.19. The molecule has 0 aliphatic rings. The number of nitrogens with one attached hydrogen (secondary N) is 2. The van der Waals surface area contributed by atoms with E-state index in [4.69, 9.17) is 16.0 Å². The average molecular weight is 326 g/mol. The van der Waals surface area contributed by atoms with Gasteiger partial charge >= 0.3 is 0 Å². The molecule has 0 heterocycles. The second kappa shape index (κ2) is 8.18. The third-order valence-corrected chi connectivity index (χ3v) is 3.01. The molecule has 2 aromatic carbocycles. The molecule has 2 rings (SSSR count). The molecule has 0 saturated heterocycles. The number of hydrogen-bond donors (Lipinski definition) is 3. The van der Waals surface area contributed by atoms with Gasteiger partial charge in [0.15, 0.2) is 6.61 Å². The lowest BCUT2D eigenvalue weighted by atomic mass is 10.2. The van der Waals surface area contributed by atoms with E-state index in [-0.39, 0.29) is 12.5 Å². The maximum atomic E-state index is 11.9. The number of carbonyl (C=O) groups is 2. The van der Waals surface area contributed by atoms with E-state index in [0.717, 1.165) is 11.0 Å². The highest BCUT2D eigenvalue weighted by atomic mass is 16.5. The molecule has 0 bridgehead atoms. The molecule has 0 radical (unpaired) electrons. The Morgan fingerprint density at radius 2 is 2.08 bits per heavy atom. The molecule has 2 aromatic rings. The SMILES string of the molecule is N=C[N+](=NN)c1cccc(OCC(=O)Nc2cccc(C=O)c2)c1. The number of anilines is 1. The van der Waals surface area contributed by atoms with Crippen molar-refractivity contribution in [1.82, 2.24) is 0 Å². The fourth-order valence-corrected chi connectivity index (χ4v) is 1.93. The summed E-state index contributed by atoms with van der Waals surface area (Å²) in [5.74, 6) is 5.23. The lowest BCUT2D eigenvalue weighted by molar-refractivity contribution is -0.384. The molecule has 0 aromatic heterocycles. The number of ether oxygens (including phenoxy) is 1. The highest BCUT2D eigenvalue weighted by molar-refractivity contribution is 5.92. The second-order valence-corrected chi connectivity index (χ2v) is 4.67. The molecule has 4 N–H and O–H groups in total. The molecule has 24 heavy (non-hydrogen) atoms. The minimum absolute atomic E-state index is 0.209. The molecule has 8 nitrogen and oxygen atoms in total. The molecule has 0 aliphatic carbocycles. The average Bonchev–Trinajstić information content (AvgIpc) is 2.61. The lowest BCUT2D eigenvalue weighted by Gasteiger charge is -2.08. The summed E-state index contributed by atoms with van der Waals surface area (Å²) in [5, 5.41) is 13.2. The molecule has 0 spiro atoms. The second-order valence-electron chi connectivity index (χ2n) is 4.67. The number of carbonyl (C=O) groups excluding carboxylic acids is 2. The predicted octanol–water partition coefficient (Wildman–Crippen LogP) is 2.09. The largest absolute Gasteiger partial charge is 0.484 e. The Labute approximate surface area is 138 Å². The summed E-state index contributed by atoms with van der Waals surface area (Å²) < 4.78 is 6.56. The highest BCUT2D eigenvalue weighted by Gasteiger charge is 2.07. The van der Waals surface area contributed by atoms with Crippen LogP contribution in [0.3, 0.4) is 0 Å². The molecule has 0 saturated carbocycles. The van der Waals surface area contributed by atoms with Gasteiger partial charge in [-0.15, -0.1) is 4.70 Å². The third kappa shape index (κ3) is 4.47. The molecular weight excluding hydrogens is 310 g/mol. The van der Waals surface area contributed by atoms with Crippen LogP contribution in [0.5, 0.6) is 5.75 Å². The van der Waals surface area contributed by atoms with Gasteiger partial charge in [-0.3, -0.25) is 9.59 Å². The smallest absolute Gasteiger partial charge is 0.262 e. The Morgan fingerprint density at radius 1 is 1.29 bits per heavy atom. The predicted molar refractivity (Wildman–Crippen MR) is 87.7 cm³/mol. The van der Waals surface area contributed by atoms with Gasteiger partial charge in [0.25, 0.3) is 5.91 Å². The Kier molecular flexibility index (Phi) is 5.73. The molecule has 0 atom stereocenters. The number of aldehydes is 1. The van der Waals surface area contributed by atoms with Crippen LogP contribution in [-0.4, -0.2) is 29.8 Å². The number of amides is 1. The van der Waals surface area contributed by atoms with E-state index in [2.05, 4.69) is 10.5 Å². The van der Waals surface area contributed by atoms with Crippen molar-refractivity contribution in [3.05, 3.63) is 54.1 Å². The molecule has 0 unspecified atom stereocenters. The van der Waals surface area contributed by atoms with Crippen molar-refractivity contribution >= 4 is 29.9 Å². The van der Waals surface area contributed by atoms with Gasteiger partial charge in [-0.1, -0.05) is 18.2 Å². The fourth-order valence-electron chi connectivity index (χ4n) is 1.93. The van der Waals surface area contributed by atoms with Gasteiger partial charge in [-0.25, -0.2) is 5.84 Å². The van der Waals surface area contributed by atoms with E-state index in [0.29, 0.717) is 29.0 Å². The van der Waals surface area contributed by atoms with E-state index >= 15 is 0 Å². The standard InChI is InChI=1S/C16H15N5O3/c17-11-21(20-18)14-5-2-6-15(8-14)24-10-16(23)19-13-4-1-3-12(7-13)9-22/h1-9,11,17-18H,10H2,(H,19,23)/p+1. The van der Waals surface area contributed by atoms with E-state index in [1.165, 1.54) is 0 Å². The van der Waals surface area contributed by atoms with Crippen LogP contribution in [0, 0.1) is 5.41 Å². The van der Waals surface area contributed by atoms with Gasteiger partial charge in [0.05, 0.1) is 0 Å². The quantitative estimate of drug-likeness (QED) is 0.137. The molecule has 0 fully saturated rings. The fraction of sp³-hybridized carbons (Fsp3) is 0.0625. The summed E-state index contributed by atoms with van der Waals surface area (Å²) in [4.78, 5) is 22.6. The molecule has 8 heteroatoms. The zero-order valence-corrected chi connectivity index (χ0v) is 12.7. The topological polar surface area (TPSA) is 121 Å². The van der Waals surface area contributed by atoms with Crippen molar-refractivity contribution < 1.29 is 19.0 Å². The van der Waals surface area contributed by atoms with Crippen molar-refractivity contribution in [1.29, 1.82) is 5.41 Å². The summed E-state index contributed by atoms with van der Waals surface area (Å²) in [6.07, 6.45) is 1.65. The molecular formula is C16H16N5O3+. The van der Waals surface area contributed by atoms with Crippen LogP contribution in [0.1, 0.15) is 10.4 Å². The number of hydrogen-bond acceptors (Lipinski definition) is 5. The maximum Gasteiger partial charge on any atom is 0.262 e. The summed E-state index contributed by atoms with van der Waals surface area (Å²) in [6, 6.07) is 13.2. The number of nitrogens with two attached hydrogens (primary N) is 1. The van der Waals surface area contributed by atoms with Crippen LogP contribution in [0.4, 0.5) is 11.4 Å². The monoisotopic (exact) mass is 326 g/mol. The Morgan fingerprint density at radius 3 is 2.79 bits per heavy atom. The third-order valence-electron chi connectivity index (χ3n) is 3.01. The Bertz CT molecular complexity index is 789. The van der Waals surface area contributed by atoms with Gasteiger partial charge in [0.2, 0.25) is 6.34 Å². The van der Waals surface area contributed by atoms with Gasteiger partial charge in [-0.05, 0) is 24.3 Å². The van der Waals surface area contributed by atoms with Gasteiger partial charge in [0, 0.05) is 22.5 Å². The van der Waals surface area contributed by atoms with Crippen molar-refractivity contribution in [2.45, 2.75) is 0 Å². The van der Waals surface area contributed by atoms with E-state index in [1.54, 1.807) is 48.5 Å². The van der Waals surface area contributed by atoms with Crippen molar-refractivity contribution in [2.24, 2.45) is 11.1 Å². The normalized spacial score (nSPS) is 10.8. The van der Waals surface area contributed by atoms with Crippen molar-refractivity contribution in [3.8, 4) is 5.75 Å². The summed E-state index contributed by atoms with van der Waals surface area (Å²) in [5.41, 5.74) is 1.52. The number of benzene rings is 2. The Balaban J connectivity index is 1.97. The van der Waals surface area contributed by atoms with Crippen molar-refractivity contribution in [2.75, 3.05) is 11.9 Å². The van der Waals surface area contributed by atoms with Gasteiger partial charge < -0.3 is 10.1 Å². The minimum atomic E-state index is -0.365. The van der Waals surface area contributed by atoms with E-state index in [9.17, 15) is 9.59 Å². The Hall–Kier alpha value is -3.55. The van der Waals surface area contributed by atoms with Crippen LogP contribution >= 0.6 is 0 Å². The zero-order chi connectivity index (χ0) is 17.4. The van der Waals surface area contributed by atoms with Gasteiger partial charge in [-0.2, -0.15) is 5.41 Å². The van der Waals surface area contributed by atoms with E-state index < -0.39 is 0 Å². The zero-order valence-electron chi connectivity index (χ0n) is 12.7. The van der Waals surface area contributed by atoms with Crippen molar-refractivity contribution in [3.63, 3.8) is 0 Å². The van der Waals surface area contributed by atoms with Gasteiger partial charge in [0.1, 0.15) is 17.7 Å². The molecule has 1 amide bonds. The number of nitrogens with zero attached hydrogens (tertiary/aromatic N) is 2. The minimum Gasteiger partial charge on any atom is -0.484 e. The summed E-state index contributed by atoms with van der Waals surface area (Å²) in [7, 11) is 0. The maximum absolute atomic E-state index is 11.9. The first kappa shape index (κ1) is 16.8. The van der Waals surface area contributed by atoms with Crippen LogP contribution in [0.2, 0.25) is 0 Å². The first-order valence-corrected chi connectivity index (χ1v) is 6.95. The van der Waals surface area contributed by atoms with Crippen LogP contribution < -0.4 is 15.9 Å². The summed E-state index contributed by atoms with van der Waals surface area (Å²) >= 11 is 0. The molecule has 0 aliphatic heterocycles. The number of rotatable bonds is 7. The first-order chi connectivity index (χ1) is 11.7. The molecule has 122 valence electrons. The first-order valence-electron chi connectivity index (χ1n) is 6.95. The van der Waals surface area contributed by atoms with E-state index in [1.807, 2.05) is 0 Å². The van der Waals surface area contributed by atoms with Crippen LogP contribution in [-0.2, 0) is 4.79 Å². The summed E-state index contributed by atoms with van der Waals surface area (Å²) in [6.45, 7) is -0.209.